The number of benzene rings is 2. The average molecular weight is 348 g/mol. The molecule has 2 nitrogen and oxygen atoms in total. The van der Waals surface area contributed by atoms with Crippen molar-refractivity contribution in [1.82, 2.24) is 0 Å². The van der Waals surface area contributed by atoms with Gasteiger partial charge in [0.25, 0.3) is 0 Å². The minimum absolute atomic E-state index is 0.389. The lowest BCUT2D eigenvalue weighted by Crippen LogP contribution is -2.01. The summed E-state index contributed by atoms with van der Waals surface area (Å²) in [6.45, 7) is 2.25. The second kappa shape index (κ2) is 9.38. The normalized spacial score (nSPS) is 17.2. The van der Waals surface area contributed by atoms with Crippen LogP contribution in [0.15, 0.2) is 65.7 Å². The highest BCUT2D eigenvalue weighted by Gasteiger charge is 2.20. The lowest BCUT2D eigenvalue weighted by atomic mass is 9.96. The van der Waals surface area contributed by atoms with Crippen LogP contribution in [0.25, 0.3) is 5.57 Å². The van der Waals surface area contributed by atoms with E-state index in [-0.39, 0.29) is 0 Å². The standard InChI is InChI=1S/C24H29NO/c1-3-4-6-11-21(19-9-7-5-8-10-19)18-22-14-17-24(25-22)20-12-15-23(26-2)16-13-20/h5,7-13,15-16,22H,3-4,6,14,17-18H2,1-2H3. The molecule has 0 amide bonds. The van der Waals surface area contributed by atoms with Crippen LogP contribution >= 0.6 is 0 Å². The predicted octanol–water partition coefficient (Wildman–Crippen LogP) is 6.31. The molecule has 26 heavy (non-hydrogen) atoms. The van der Waals surface area contributed by atoms with Crippen LogP contribution in [0.5, 0.6) is 5.75 Å². The molecule has 1 unspecified atom stereocenters. The van der Waals surface area contributed by atoms with E-state index < -0.39 is 0 Å². The summed E-state index contributed by atoms with van der Waals surface area (Å²) in [5.41, 5.74) is 5.25. The van der Waals surface area contributed by atoms with Crippen molar-refractivity contribution in [3.8, 4) is 5.75 Å². The Kier molecular flexibility index (Phi) is 6.65. The molecule has 2 aromatic rings. The SMILES string of the molecule is CCCCC=C(CC1CCC(c2ccc(OC)cc2)=N1)c1ccccc1. The predicted molar refractivity (Wildman–Crippen MR) is 111 cm³/mol. The minimum Gasteiger partial charge on any atom is -0.497 e. The zero-order chi connectivity index (χ0) is 18.2. The van der Waals surface area contributed by atoms with E-state index in [0.717, 1.165) is 31.4 Å². The zero-order valence-corrected chi connectivity index (χ0v) is 15.9. The number of nitrogens with zero attached hydrogens (tertiary/aromatic N) is 1. The van der Waals surface area contributed by atoms with Gasteiger partial charge in [0.1, 0.15) is 5.75 Å². The van der Waals surface area contributed by atoms with Gasteiger partial charge in [0, 0.05) is 5.71 Å². The largest absolute Gasteiger partial charge is 0.497 e. The molecule has 0 aromatic heterocycles. The van der Waals surface area contributed by atoms with Gasteiger partial charge in [-0.2, -0.15) is 0 Å². The summed E-state index contributed by atoms with van der Waals surface area (Å²) in [7, 11) is 1.70. The number of unbranched alkanes of at least 4 members (excludes halogenated alkanes) is 2. The van der Waals surface area contributed by atoms with E-state index in [0.29, 0.717) is 6.04 Å². The topological polar surface area (TPSA) is 21.6 Å². The quantitative estimate of drug-likeness (QED) is 0.513. The molecule has 2 heteroatoms. The molecule has 0 radical (unpaired) electrons. The van der Waals surface area contributed by atoms with Crippen LogP contribution in [0, 0.1) is 0 Å². The third-order valence-corrected chi connectivity index (χ3v) is 5.02. The molecule has 136 valence electrons. The summed E-state index contributed by atoms with van der Waals surface area (Å²) in [4.78, 5) is 5.04. The molecule has 1 atom stereocenters. The molecular weight excluding hydrogens is 318 g/mol. The maximum atomic E-state index is 5.25. The van der Waals surface area contributed by atoms with Crippen molar-refractivity contribution < 1.29 is 4.74 Å². The number of rotatable bonds is 8. The van der Waals surface area contributed by atoms with Gasteiger partial charge in [-0.25, -0.2) is 0 Å². The third-order valence-electron chi connectivity index (χ3n) is 5.02. The van der Waals surface area contributed by atoms with Crippen LogP contribution in [0.4, 0.5) is 0 Å². The maximum Gasteiger partial charge on any atom is 0.118 e. The fourth-order valence-corrected chi connectivity index (χ4v) is 3.51. The smallest absolute Gasteiger partial charge is 0.118 e. The second-order valence-corrected chi connectivity index (χ2v) is 6.94. The highest BCUT2D eigenvalue weighted by Crippen LogP contribution is 2.29. The monoisotopic (exact) mass is 347 g/mol. The summed E-state index contributed by atoms with van der Waals surface area (Å²) >= 11 is 0. The van der Waals surface area contributed by atoms with E-state index in [2.05, 4.69) is 55.5 Å². The number of hydrogen-bond acceptors (Lipinski definition) is 2. The first-order chi connectivity index (χ1) is 12.8. The van der Waals surface area contributed by atoms with Crippen LogP contribution in [0.3, 0.4) is 0 Å². The first-order valence-electron chi connectivity index (χ1n) is 9.75. The average Bonchev–Trinajstić information content (AvgIpc) is 3.17. The Bertz CT molecular complexity index is 744. The third kappa shape index (κ3) is 4.85. The van der Waals surface area contributed by atoms with Gasteiger partial charge in [0.15, 0.2) is 0 Å². The van der Waals surface area contributed by atoms with Gasteiger partial charge in [-0.15, -0.1) is 0 Å². The fraction of sp³-hybridized carbons (Fsp3) is 0.375. The molecule has 1 aliphatic heterocycles. The van der Waals surface area contributed by atoms with Crippen molar-refractivity contribution in [3.63, 3.8) is 0 Å². The molecular formula is C24H29NO. The van der Waals surface area contributed by atoms with Gasteiger partial charge >= 0.3 is 0 Å². The number of aliphatic imine (C=N–C) groups is 1. The number of ether oxygens (including phenoxy) is 1. The Morgan fingerprint density at radius 3 is 2.58 bits per heavy atom. The van der Waals surface area contributed by atoms with E-state index in [9.17, 15) is 0 Å². The van der Waals surface area contributed by atoms with Gasteiger partial charge in [0.2, 0.25) is 0 Å². The van der Waals surface area contributed by atoms with Crippen LogP contribution in [-0.4, -0.2) is 18.9 Å². The van der Waals surface area contributed by atoms with Crippen molar-refractivity contribution in [2.45, 2.75) is 51.5 Å². The van der Waals surface area contributed by atoms with Crippen molar-refractivity contribution in [3.05, 3.63) is 71.8 Å². The number of methoxy groups -OCH3 is 1. The van der Waals surface area contributed by atoms with Gasteiger partial charge < -0.3 is 4.74 Å². The molecule has 0 saturated heterocycles. The molecule has 2 aromatic carbocycles. The minimum atomic E-state index is 0.389. The zero-order valence-electron chi connectivity index (χ0n) is 15.9. The highest BCUT2D eigenvalue weighted by molar-refractivity contribution is 6.01. The highest BCUT2D eigenvalue weighted by atomic mass is 16.5. The van der Waals surface area contributed by atoms with Gasteiger partial charge in [0.05, 0.1) is 13.2 Å². The van der Waals surface area contributed by atoms with Crippen LogP contribution in [0.2, 0.25) is 0 Å². The van der Waals surface area contributed by atoms with Gasteiger partial charge in [-0.3, -0.25) is 4.99 Å². The number of allylic oxidation sites excluding steroid dienone is 1. The van der Waals surface area contributed by atoms with Crippen LogP contribution in [0.1, 0.15) is 56.6 Å². The Labute approximate surface area is 157 Å². The van der Waals surface area contributed by atoms with Crippen molar-refractivity contribution in [1.29, 1.82) is 0 Å². The summed E-state index contributed by atoms with van der Waals surface area (Å²) in [5.74, 6) is 0.897. The van der Waals surface area contributed by atoms with E-state index in [4.69, 9.17) is 9.73 Å². The molecule has 0 N–H and O–H groups in total. The lowest BCUT2D eigenvalue weighted by Gasteiger charge is -2.12. The Balaban J connectivity index is 1.72. The summed E-state index contributed by atoms with van der Waals surface area (Å²) in [6.07, 6.45) is 9.31. The first-order valence-corrected chi connectivity index (χ1v) is 9.75. The van der Waals surface area contributed by atoms with Crippen LogP contribution in [-0.2, 0) is 0 Å². The van der Waals surface area contributed by atoms with Gasteiger partial charge in [-0.1, -0.05) is 56.2 Å². The van der Waals surface area contributed by atoms with E-state index >= 15 is 0 Å². The molecule has 0 spiro atoms. The fourth-order valence-electron chi connectivity index (χ4n) is 3.51. The molecule has 0 bridgehead atoms. The van der Waals surface area contributed by atoms with Crippen molar-refractivity contribution in [2.24, 2.45) is 4.99 Å². The number of hydrogen-bond donors (Lipinski definition) is 0. The van der Waals surface area contributed by atoms with Crippen molar-refractivity contribution in [2.75, 3.05) is 7.11 Å². The van der Waals surface area contributed by atoms with Gasteiger partial charge in [-0.05, 0) is 66.6 Å². The summed E-state index contributed by atoms with van der Waals surface area (Å²) in [6, 6.07) is 19.5. The summed E-state index contributed by atoms with van der Waals surface area (Å²) in [5, 5.41) is 0. The first kappa shape index (κ1) is 18.4. The molecule has 1 heterocycles. The molecule has 0 saturated carbocycles. The Hall–Kier alpha value is -2.35. The second-order valence-electron chi connectivity index (χ2n) is 6.94. The molecule has 0 fully saturated rings. The Morgan fingerprint density at radius 2 is 1.88 bits per heavy atom. The van der Waals surface area contributed by atoms with Crippen molar-refractivity contribution >= 4 is 11.3 Å². The van der Waals surface area contributed by atoms with E-state index in [1.54, 1.807) is 7.11 Å². The molecule has 3 rings (SSSR count). The lowest BCUT2D eigenvalue weighted by molar-refractivity contribution is 0.415. The molecule has 1 aliphatic rings. The van der Waals surface area contributed by atoms with E-state index in [1.807, 2.05) is 12.1 Å². The summed E-state index contributed by atoms with van der Waals surface area (Å²) < 4.78 is 5.25. The molecule has 0 aliphatic carbocycles. The Morgan fingerprint density at radius 1 is 1.12 bits per heavy atom. The maximum absolute atomic E-state index is 5.25. The van der Waals surface area contributed by atoms with E-state index in [1.165, 1.54) is 35.3 Å². The van der Waals surface area contributed by atoms with Crippen LogP contribution < -0.4 is 4.74 Å².